The summed E-state index contributed by atoms with van der Waals surface area (Å²) in [6.07, 6.45) is 4.04. The van der Waals surface area contributed by atoms with Crippen LogP contribution in [0.1, 0.15) is 38.8 Å². The third-order valence-electron chi connectivity index (χ3n) is 5.86. The van der Waals surface area contributed by atoms with Crippen LogP contribution in [-0.2, 0) is 24.2 Å². The van der Waals surface area contributed by atoms with Gasteiger partial charge in [0.05, 0.1) is 6.54 Å². The van der Waals surface area contributed by atoms with Gasteiger partial charge in [0, 0.05) is 34.1 Å². The number of aliphatic carboxylic acids is 1. The monoisotopic (exact) mass is 506 g/mol. The number of aryl methyl sites for hydroxylation is 2. The van der Waals surface area contributed by atoms with Crippen molar-refractivity contribution in [1.82, 2.24) is 15.3 Å². The average Bonchev–Trinajstić information content (AvgIpc) is 3.54. The van der Waals surface area contributed by atoms with Crippen LogP contribution in [0.3, 0.4) is 0 Å². The van der Waals surface area contributed by atoms with E-state index in [0.717, 1.165) is 26.8 Å². The number of nitrogens with zero attached hydrogens (tertiary/aromatic N) is 1. The van der Waals surface area contributed by atoms with Crippen molar-refractivity contribution in [2.45, 2.75) is 39.3 Å². The highest BCUT2D eigenvalue weighted by atomic mass is 32.1. The molecule has 4 rings (SSSR count). The lowest BCUT2D eigenvalue weighted by Crippen LogP contribution is -2.42. The second kappa shape index (κ2) is 11.2. The van der Waals surface area contributed by atoms with Gasteiger partial charge in [-0.25, -0.2) is 14.2 Å². The summed E-state index contributed by atoms with van der Waals surface area (Å²) in [6.45, 7) is 4.13. The first-order chi connectivity index (χ1) is 17.3. The molecule has 0 saturated carbocycles. The first-order valence-electron chi connectivity index (χ1n) is 11.6. The van der Waals surface area contributed by atoms with Crippen LogP contribution in [0.2, 0.25) is 0 Å². The van der Waals surface area contributed by atoms with Crippen LogP contribution in [0.5, 0.6) is 0 Å². The molecule has 1 atom stereocenters. The minimum absolute atomic E-state index is 0.131. The predicted molar refractivity (Wildman–Crippen MR) is 139 cm³/mol. The number of hydrogen-bond acceptors (Lipinski definition) is 5. The molecule has 0 radical (unpaired) electrons. The number of benzene rings is 2. The number of H-pyrrole nitrogens is 1. The van der Waals surface area contributed by atoms with E-state index in [-0.39, 0.29) is 6.42 Å². The summed E-state index contributed by atoms with van der Waals surface area (Å²) in [7, 11) is 0. The number of carboxylic acid groups (broad SMARTS) is 1. The molecule has 0 spiro atoms. The molecule has 36 heavy (non-hydrogen) atoms. The Hall–Kier alpha value is -3.98. The molecule has 186 valence electrons. The second-order valence-corrected chi connectivity index (χ2v) is 9.60. The van der Waals surface area contributed by atoms with Gasteiger partial charge in [-0.15, -0.1) is 11.3 Å². The Morgan fingerprint density at radius 1 is 1.17 bits per heavy atom. The number of carbonyl (C=O) groups is 2. The van der Waals surface area contributed by atoms with Crippen molar-refractivity contribution in [1.29, 1.82) is 0 Å². The number of thiophene rings is 1. The van der Waals surface area contributed by atoms with E-state index in [9.17, 15) is 19.1 Å². The highest BCUT2D eigenvalue weighted by Gasteiger charge is 2.24. The Balaban J connectivity index is 1.42. The quantitative estimate of drug-likeness (QED) is 0.237. The zero-order chi connectivity index (χ0) is 25.7. The number of anilines is 1. The zero-order valence-electron chi connectivity index (χ0n) is 20.0. The van der Waals surface area contributed by atoms with Gasteiger partial charge in [0.25, 0.3) is 5.91 Å². The molecule has 0 bridgehead atoms. The molecule has 4 N–H and O–H groups in total. The number of nitrogens with one attached hydrogen (secondary N) is 3. The van der Waals surface area contributed by atoms with Crippen LogP contribution in [0, 0.1) is 12.7 Å². The summed E-state index contributed by atoms with van der Waals surface area (Å²) in [5.74, 6) is -1.34. The van der Waals surface area contributed by atoms with Crippen molar-refractivity contribution in [3.05, 3.63) is 93.9 Å². The number of aromatic amines is 1. The minimum atomic E-state index is -1.13. The van der Waals surface area contributed by atoms with Crippen LogP contribution in [-0.4, -0.2) is 33.0 Å². The maximum absolute atomic E-state index is 13.8. The molecule has 2 heterocycles. The number of halogens is 1. The van der Waals surface area contributed by atoms with Crippen molar-refractivity contribution < 1.29 is 19.1 Å². The van der Waals surface area contributed by atoms with Crippen LogP contribution >= 0.6 is 11.3 Å². The molecule has 0 fully saturated rings. The molecule has 0 saturated heterocycles. The van der Waals surface area contributed by atoms with E-state index in [4.69, 9.17) is 0 Å². The number of carbonyl (C=O) groups excluding carboxylic acids is 1. The van der Waals surface area contributed by atoms with Crippen LogP contribution in [0.15, 0.2) is 60.9 Å². The summed E-state index contributed by atoms with van der Waals surface area (Å²) < 4.78 is 13.8. The molecule has 2 aromatic heterocycles. The Morgan fingerprint density at radius 3 is 2.61 bits per heavy atom. The van der Waals surface area contributed by atoms with Crippen LogP contribution < -0.4 is 10.6 Å². The van der Waals surface area contributed by atoms with Crippen molar-refractivity contribution >= 4 is 29.2 Å². The number of amides is 1. The topological polar surface area (TPSA) is 107 Å². The Bertz CT molecular complexity index is 1350. The summed E-state index contributed by atoms with van der Waals surface area (Å²) >= 11 is 1.66. The third-order valence-corrected chi connectivity index (χ3v) is 7.00. The molecular weight excluding hydrogens is 479 g/mol. The number of imidazole rings is 1. The van der Waals surface area contributed by atoms with E-state index in [1.807, 2.05) is 31.2 Å². The highest BCUT2D eigenvalue weighted by Crippen LogP contribution is 2.29. The average molecular weight is 507 g/mol. The third kappa shape index (κ3) is 5.98. The summed E-state index contributed by atoms with van der Waals surface area (Å²) in [5.41, 5.74) is 3.17. The first kappa shape index (κ1) is 25.1. The van der Waals surface area contributed by atoms with Gasteiger partial charge in [-0.05, 0) is 59.9 Å². The van der Waals surface area contributed by atoms with Gasteiger partial charge in [0.2, 0.25) is 0 Å². The van der Waals surface area contributed by atoms with Crippen LogP contribution in [0.25, 0.3) is 10.4 Å². The number of hydrogen-bond donors (Lipinski definition) is 4. The molecular formula is C27H27FN4O3S. The lowest BCUT2D eigenvalue weighted by atomic mass is 9.98. The van der Waals surface area contributed by atoms with Gasteiger partial charge in [-0.3, -0.25) is 4.79 Å². The molecule has 7 nitrogen and oxygen atoms in total. The van der Waals surface area contributed by atoms with E-state index in [2.05, 4.69) is 32.7 Å². The maximum Gasteiger partial charge on any atom is 0.326 e. The fraction of sp³-hybridized carbons (Fsp3) is 0.222. The fourth-order valence-electron chi connectivity index (χ4n) is 4.05. The van der Waals surface area contributed by atoms with Gasteiger partial charge in [0.15, 0.2) is 5.95 Å². The molecule has 9 heteroatoms. The van der Waals surface area contributed by atoms with Crippen LogP contribution in [0.4, 0.5) is 10.3 Å². The number of aromatic nitrogens is 2. The Kier molecular flexibility index (Phi) is 7.80. The molecule has 1 unspecified atom stereocenters. The number of rotatable bonds is 10. The Morgan fingerprint density at radius 2 is 1.94 bits per heavy atom. The predicted octanol–water partition coefficient (Wildman–Crippen LogP) is 5.19. The van der Waals surface area contributed by atoms with Crippen molar-refractivity contribution in [2.75, 3.05) is 5.32 Å². The van der Waals surface area contributed by atoms with E-state index in [1.54, 1.807) is 30.7 Å². The normalized spacial score (nSPS) is 11.8. The largest absolute Gasteiger partial charge is 0.480 e. The van der Waals surface area contributed by atoms with E-state index in [0.29, 0.717) is 29.7 Å². The lowest BCUT2D eigenvalue weighted by molar-refractivity contribution is -0.139. The SMILES string of the molecule is CCc1cc(F)cc(C)c1C(=O)NC(Cc1ccc(-c2ccc(CNc3ncc[nH]3)s2)cc1)C(=O)O. The standard InChI is InChI=1S/C27H27FN4O3S/c1-3-18-14-20(28)12-16(2)24(18)25(33)32-22(26(34)35)13-17-4-6-19(7-5-17)23-9-8-21(36-23)15-31-27-29-10-11-30-27/h4-12,14,22H,3,13,15H2,1-2H3,(H,32,33)(H,34,35)(H2,29,30,31). The van der Waals surface area contributed by atoms with Gasteiger partial charge in [0.1, 0.15) is 11.9 Å². The minimum Gasteiger partial charge on any atom is -0.480 e. The number of carboxylic acids is 1. The molecule has 4 aromatic rings. The molecule has 0 aliphatic heterocycles. The van der Waals surface area contributed by atoms with Crippen molar-refractivity contribution in [3.63, 3.8) is 0 Å². The van der Waals surface area contributed by atoms with Crippen molar-refractivity contribution in [3.8, 4) is 10.4 Å². The van der Waals surface area contributed by atoms with Gasteiger partial charge >= 0.3 is 5.97 Å². The van der Waals surface area contributed by atoms with Gasteiger partial charge in [-0.1, -0.05) is 31.2 Å². The van der Waals surface area contributed by atoms with E-state index >= 15 is 0 Å². The summed E-state index contributed by atoms with van der Waals surface area (Å²) in [5, 5.41) is 15.6. The highest BCUT2D eigenvalue weighted by molar-refractivity contribution is 7.15. The molecule has 2 aromatic carbocycles. The summed E-state index contributed by atoms with van der Waals surface area (Å²) in [6, 6.07) is 13.2. The summed E-state index contributed by atoms with van der Waals surface area (Å²) in [4.78, 5) is 34.2. The maximum atomic E-state index is 13.8. The lowest BCUT2D eigenvalue weighted by Gasteiger charge is -2.17. The van der Waals surface area contributed by atoms with Gasteiger partial charge in [-0.2, -0.15) is 0 Å². The van der Waals surface area contributed by atoms with E-state index < -0.39 is 23.7 Å². The molecule has 0 aliphatic rings. The fourth-order valence-corrected chi connectivity index (χ4v) is 5.00. The second-order valence-electron chi connectivity index (χ2n) is 8.43. The van der Waals surface area contributed by atoms with Crippen molar-refractivity contribution in [2.24, 2.45) is 0 Å². The molecule has 1 amide bonds. The molecule has 0 aliphatic carbocycles. The zero-order valence-corrected chi connectivity index (χ0v) is 20.8. The Labute approximate surface area is 212 Å². The smallest absolute Gasteiger partial charge is 0.326 e. The van der Waals surface area contributed by atoms with Gasteiger partial charge < -0.3 is 20.7 Å². The van der Waals surface area contributed by atoms with E-state index in [1.165, 1.54) is 12.1 Å². The first-order valence-corrected chi connectivity index (χ1v) is 12.4.